The molecule has 0 fully saturated rings. The third kappa shape index (κ3) is 3.96. The van der Waals surface area contributed by atoms with Gasteiger partial charge in [-0.2, -0.15) is 0 Å². The highest BCUT2D eigenvalue weighted by Gasteiger charge is 2.26. The minimum Gasteiger partial charge on any atom is -0.494 e. The van der Waals surface area contributed by atoms with Crippen molar-refractivity contribution in [3.8, 4) is 11.5 Å². The molecule has 1 aromatic carbocycles. The van der Waals surface area contributed by atoms with Crippen molar-refractivity contribution in [1.82, 2.24) is 0 Å². The predicted octanol–water partition coefficient (Wildman–Crippen LogP) is 0.667. The molecule has 5 heteroatoms. The van der Waals surface area contributed by atoms with E-state index in [1.807, 2.05) is 6.92 Å². The molecule has 0 aromatic heterocycles. The summed E-state index contributed by atoms with van der Waals surface area (Å²) in [4.78, 5) is 11.0. The van der Waals surface area contributed by atoms with Gasteiger partial charge in [-0.1, -0.05) is 0 Å². The second-order valence-corrected chi connectivity index (χ2v) is 3.97. The third-order valence-corrected chi connectivity index (χ3v) is 2.24. The molecule has 1 unspecified atom stereocenters. The summed E-state index contributed by atoms with van der Waals surface area (Å²) in [6, 6.07) is 7.08. The van der Waals surface area contributed by atoms with E-state index in [1.165, 1.54) is 6.92 Å². The minimum atomic E-state index is -1.17. The van der Waals surface area contributed by atoms with Crippen LogP contribution in [-0.2, 0) is 4.79 Å². The quantitative estimate of drug-likeness (QED) is 0.762. The molecule has 17 heavy (non-hydrogen) atoms. The van der Waals surface area contributed by atoms with Gasteiger partial charge in [0.15, 0.2) is 0 Å². The number of benzene rings is 1. The van der Waals surface area contributed by atoms with E-state index in [2.05, 4.69) is 0 Å². The van der Waals surface area contributed by atoms with Crippen LogP contribution >= 0.6 is 0 Å². The summed E-state index contributed by atoms with van der Waals surface area (Å²) in [5, 5.41) is 0. The van der Waals surface area contributed by atoms with Crippen molar-refractivity contribution in [2.75, 3.05) is 13.2 Å². The molecule has 1 aromatic rings. The molecule has 0 spiro atoms. The maximum Gasteiger partial charge on any atom is 0.240 e. The summed E-state index contributed by atoms with van der Waals surface area (Å²) in [5.41, 5.74) is 9.63. The van der Waals surface area contributed by atoms with Crippen LogP contribution in [0.2, 0.25) is 0 Å². The first-order chi connectivity index (χ1) is 7.95. The summed E-state index contributed by atoms with van der Waals surface area (Å²) in [7, 11) is 0. The number of rotatable bonds is 6. The Kier molecular flexibility index (Phi) is 4.34. The summed E-state index contributed by atoms with van der Waals surface area (Å²) in [6.07, 6.45) is 0. The predicted molar refractivity (Wildman–Crippen MR) is 64.9 cm³/mol. The Labute approximate surface area is 101 Å². The molecule has 0 aliphatic carbocycles. The van der Waals surface area contributed by atoms with E-state index in [0.717, 1.165) is 5.75 Å². The molecule has 0 aliphatic rings. The second-order valence-electron chi connectivity index (χ2n) is 3.97. The molecule has 5 nitrogen and oxygen atoms in total. The van der Waals surface area contributed by atoms with Crippen LogP contribution in [0, 0.1) is 0 Å². The van der Waals surface area contributed by atoms with Gasteiger partial charge in [-0.05, 0) is 38.1 Å². The maximum absolute atomic E-state index is 11.0. The first kappa shape index (κ1) is 13.3. The lowest BCUT2D eigenvalue weighted by Gasteiger charge is -2.20. The highest BCUT2D eigenvalue weighted by atomic mass is 16.5. The summed E-state index contributed by atoms with van der Waals surface area (Å²) >= 11 is 0. The molecule has 1 amide bonds. The van der Waals surface area contributed by atoms with Gasteiger partial charge in [0.2, 0.25) is 5.91 Å². The van der Waals surface area contributed by atoms with E-state index in [4.69, 9.17) is 20.9 Å². The zero-order valence-corrected chi connectivity index (χ0v) is 10.1. The first-order valence-electron chi connectivity index (χ1n) is 5.40. The SMILES string of the molecule is CCOc1ccc(OCC(C)(N)C(N)=O)cc1. The second kappa shape index (κ2) is 5.54. The van der Waals surface area contributed by atoms with Crippen molar-refractivity contribution in [3.63, 3.8) is 0 Å². The van der Waals surface area contributed by atoms with Gasteiger partial charge in [-0.25, -0.2) is 0 Å². The van der Waals surface area contributed by atoms with Crippen LogP contribution in [0.1, 0.15) is 13.8 Å². The maximum atomic E-state index is 11.0. The standard InChI is InChI=1S/C12H18N2O3/c1-3-16-9-4-6-10(7-5-9)17-8-12(2,14)11(13)15/h4-7H,3,8,14H2,1-2H3,(H2,13,15). The Balaban J connectivity index is 2.55. The molecule has 0 heterocycles. The Morgan fingerprint density at radius 3 is 2.12 bits per heavy atom. The summed E-state index contributed by atoms with van der Waals surface area (Å²) < 4.78 is 10.7. The minimum absolute atomic E-state index is 0.0380. The number of hydrogen-bond donors (Lipinski definition) is 2. The van der Waals surface area contributed by atoms with Crippen molar-refractivity contribution < 1.29 is 14.3 Å². The van der Waals surface area contributed by atoms with E-state index in [0.29, 0.717) is 12.4 Å². The monoisotopic (exact) mass is 238 g/mol. The summed E-state index contributed by atoms with van der Waals surface area (Å²) in [6.45, 7) is 4.10. The first-order valence-corrected chi connectivity index (χ1v) is 5.40. The fraction of sp³-hybridized carbons (Fsp3) is 0.417. The van der Waals surface area contributed by atoms with Gasteiger partial charge in [-0.3, -0.25) is 4.79 Å². The zero-order chi connectivity index (χ0) is 12.9. The van der Waals surface area contributed by atoms with Crippen molar-refractivity contribution in [3.05, 3.63) is 24.3 Å². The lowest BCUT2D eigenvalue weighted by molar-refractivity contribution is -0.123. The molecule has 0 saturated carbocycles. The molecule has 0 saturated heterocycles. The number of primary amides is 1. The summed E-state index contributed by atoms with van der Waals surface area (Å²) in [5.74, 6) is 0.792. The normalized spacial score (nSPS) is 13.8. The fourth-order valence-corrected chi connectivity index (χ4v) is 1.10. The van der Waals surface area contributed by atoms with Crippen molar-refractivity contribution in [2.45, 2.75) is 19.4 Å². The van der Waals surface area contributed by atoms with Crippen LogP contribution in [0.25, 0.3) is 0 Å². The molecule has 94 valence electrons. The topological polar surface area (TPSA) is 87.6 Å². The largest absolute Gasteiger partial charge is 0.494 e. The van der Waals surface area contributed by atoms with E-state index in [1.54, 1.807) is 24.3 Å². The van der Waals surface area contributed by atoms with Crippen LogP contribution in [0.3, 0.4) is 0 Å². The molecule has 1 rings (SSSR count). The smallest absolute Gasteiger partial charge is 0.240 e. The average molecular weight is 238 g/mol. The molecular formula is C12H18N2O3. The lowest BCUT2D eigenvalue weighted by Crippen LogP contribution is -2.53. The fourth-order valence-electron chi connectivity index (χ4n) is 1.10. The Bertz CT molecular complexity index is 374. The highest BCUT2D eigenvalue weighted by molar-refractivity contribution is 5.84. The average Bonchev–Trinajstić information content (AvgIpc) is 2.28. The number of nitrogens with two attached hydrogens (primary N) is 2. The number of carbonyl (C=O) groups is 1. The van der Waals surface area contributed by atoms with E-state index in [-0.39, 0.29) is 6.61 Å². The van der Waals surface area contributed by atoms with Crippen LogP contribution in [-0.4, -0.2) is 24.7 Å². The molecule has 4 N–H and O–H groups in total. The zero-order valence-electron chi connectivity index (χ0n) is 10.1. The molecule has 0 aliphatic heterocycles. The van der Waals surface area contributed by atoms with Crippen molar-refractivity contribution >= 4 is 5.91 Å². The van der Waals surface area contributed by atoms with E-state index >= 15 is 0 Å². The number of hydrogen-bond acceptors (Lipinski definition) is 4. The molecule has 0 bridgehead atoms. The molecular weight excluding hydrogens is 220 g/mol. The van der Waals surface area contributed by atoms with Crippen molar-refractivity contribution in [1.29, 1.82) is 0 Å². The Morgan fingerprint density at radius 2 is 1.71 bits per heavy atom. The van der Waals surface area contributed by atoms with Gasteiger partial charge in [0.05, 0.1) is 6.61 Å². The Morgan fingerprint density at radius 1 is 1.24 bits per heavy atom. The van der Waals surface area contributed by atoms with Crippen LogP contribution in [0.5, 0.6) is 11.5 Å². The van der Waals surface area contributed by atoms with Gasteiger partial charge < -0.3 is 20.9 Å². The molecule has 0 radical (unpaired) electrons. The van der Waals surface area contributed by atoms with Gasteiger partial charge in [-0.15, -0.1) is 0 Å². The van der Waals surface area contributed by atoms with Crippen molar-refractivity contribution in [2.24, 2.45) is 11.5 Å². The van der Waals surface area contributed by atoms with Crippen LogP contribution < -0.4 is 20.9 Å². The van der Waals surface area contributed by atoms with Crippen LogP contribution in [0.4, 0.5) is 0 Å². The van der Waals surface area contributed by atoms with Gasteiger partial charge in [0.1, 0.15) is 23.6 Å². The van der Waals surface area contributed by atoms with Gasteiger partial charge >= 0.3 is 0 Å². The van der Waals surface area contributed by atoms with Gasteiger partial charge in [0.25, 0.3) is 0 Å². The number of ether oxygens (including phenoxy) is 2. The molecule has 1 atom stereocenters. The van der Waals surface area contributed by atoms with E-state index < -0.39 is 11.4 Å². The number of amides is 1. The lowest BCUT2D eigenvalue weighted by atomic mass is 10.1. The number of carbonyl (C=O) groups excluding carboxylic acids is 1. The highest BCUT2D eigenvalue weighted by Crippen LogP contribution is 2.18. The van der Waals surface area contributed by atoms with Crippen LogP contribution in [0.15, 0.2) is 24.3 Å². The van der Waals surface area contributed by atoms with E-state index in [9.17, 15) is 4.79 Å². The van der Waals surface area contributed by atoms with Gasteiger partial charge in [0, 0.05) is 0 Å². The third-order valence-electron chi connectivity index (χ3n) is 2.24. The Hall–Kier alpha value is -1.75.